The molecule has 0 heterocycles. The van der Waals surface area contributed by atoms with Gasteiger partial charge in [0.1, 0.15) is 0 Å². The minimum atomic E-state index is -0.444. The van der Waals surface area contributed by atoms with Gasteiger partial charge in [0.2, 0.25) is 5.91 Å². The summed E-state index contributed by atoms with van der Waals surface area (Å²) in [6.07, 6.45) is 2.86. The summed E-state index contributed by atoms with van der Waals surface area (Å²) in [6.45, 7) is 1.27. The van der Waals surface area contributed by atoms with Gasteiger partial charge in [0.15, 0.2) is 0 Å². The van der Waals surface area contributed by atoms with Gasteiger partial charge in [0.25, 0.3) is 0 Å². The zero-order valence-electron chi connectivity index (χ0n) is 9.82. The summed E-state index contributed by atoms with van der Waals surface area (Å²) in [7, 11) is 1.63. The number of carbonyl (C=O) groups excluding carboxylic acids is 1. The highest BCUT2D eigenvalue weighted by Crippen LogP contribution is 2.25. The van der Waals surface area contributed by atoms with Gasteiger partial charge in [-0.2, -0.15) is 0 Å². The summed E-state index contributed by atoms with van der Waals surface area (Å²) < 4.78 is 4.89. The molecule has 0 aromatic carbocycles. The second kappa shape index (κ2) is 6.83. The number of aliphatic hydroxyl groups is 1. The average molecular weight is 230 g/mol. The fraction of sp³-hybridized carbons (Fsp3) is 0.909. The molecule has 1 saturated carbocycles. The first-order valence-electron chi connectivity index (χ1n) is 5.83. The summed E-state index contributed by atoms with van der Waals surface area (Å²) in [5.74, 6) is 0.322. The summed E-state index contributed by atoms with van der Waals surface area (Å²) in [6, 6.07) is -0.444. The van der Waals surface area contributed by atoms with Crippen molar-refractivity contribution < 1.29 is 14.6 Å². The van der Waals surface area contributed by atoms with E-state index in [4.69, 9.17) is 15.6 Å². The maximum absolute atomic E-state index is 11.5. The van der Waals surface area contributed by atoms with Gasteiger partial charge in [0.05, 0.1) is 12.1 Å². The van der Waals surface area contributed by atoms with Crippen LogP contribution in [0.3, 0.4) is 0 Å². The number of rotatable bonds is 7. The summed E-state index contributed by atoms with van der Waals surface area (Å²) >= 11 is 0. The van der Waals surface area contributed by atoms with E-state index in [1.807, 2.05) is 0 Å². The van der Waals surface area contributed by atoms with Crippen molar-refractivity contribution in [2.45, 2.75) is 37.8 Å². The number of ether oxygens (including phenoxy) is 1. The lowest BCUT2D eigenvalue weighted by Crippen LogP contribution is -2.45. The number of nitrogens with one attached hydrogen (secondary N) is 1. The van der Waals surface area contributed by atoms with Crippen LogP contribution in [0.15, 0.2) is 0 Å². The minimum Gasteiger partial charge on any atom is -0.393 e. The molecule has 1 atom stereocenters. The third-order valence-electron chi connectivity index (χ3n) is 2.98. The molecular formula is C11H22N2O3. The highest BCUT2D eigenvalue weighted by molar-refractivity contribution is 5.81. The first-order chi connectivity index (χ1) is 7.63. The molecule has 1 amide bonds. The Morgan fingerprint density at radius 2 is 2.31 bits per heavy atom. The molecule has 0 bridgehead atoms. The van der Waals surface area contributed by atoms with Crippen molar-refractivity contribution in [3.63, 3.8) is 0 Å². The van der Waals surface area contributed by atoms with E-state index in [1.165, 1.54) is 0 Å². The van der Waals surface area contributed by atoms with Gasteiger partial charge in [-0.1, -0.05) is 0 Å². The lowest BCUT2D eigenvalue weighted by atomic mass is 9.82. The topological polar surface area (TPSA) is 84.6 Å². The Morgan fingerprint density at radius 1 is 1.62 bits per heavy atom. The fourth-order valence-electron chi connectivity index (χ4n) is 1.82. The van der Waals surface area contributed by atoms with Crippen LogP contribution in [-0.2, 0) is 9.53 Å². The lowest BCUT2D eigenvalue weighted by molar-refractivity contribution is -0.123. The van der Waals surface area contributed by atoms with Crippen LogP contribution in [0.2, 0.25) is 0 Å². The zero-order valence-corrected chi connectivity index (χ0v) is 9.82. The molecule has 16 heavy (non-hydrogen) atoms. The molecule has 0 radical (unpaired) electrons. The monoisotopic (exact) mass is 230 g/mol. The summed E-state index contributed by atoms with van der Waals surface area (Å²) in [5, 5.41) is 11.9. The number of hydrogen-bond acceptors (Lipinski definition) is 4. The van der Waals surface area contributed by atoms with E-state index >= 15 is 0 Å². The van der Waals surface area contributed by atoms with Crippen LogP contribution in [-0.4, -0.2) is 43.4 Å². The highest BCUT2D eigenvalue weighted by atomic mass is 16.5. The maximum atomic E-state index is 11.5. The van der Waals surface area contributed by atoms with Crippen LogP contribution in [0.25, 0.3) is 0 Å². The highest BCUT2D eigenvalue weighted by Gasteiger charge is 2.27. The molecular weight excluding hydrogens is 208 g/mol. The van der Waals surface area contributed by atoms with Crippen LogP contribution in [0.1, 0.15) is 25.7 Å². The van der Waals surface area contributed by atoms with E-state index in [-0.39, 0.29) is 12.0 Å². The largest absolute Gasteiger partial charge is 0.393 e. The van der Waals surface area contributed by atoms with Crippen molar-refractivity contribution in [1.29, 1.82) is 0 Å². The maximum Gasteiger partial charge on any atom is 0.236 e. The summed E-state index contributed by atoms with van der Waals surface area (Å²) in [5.41, 5.74) is 5.71. The third-order valence-corrected chi connectivity index (χ3v) is 2.98. The van der Waals surface area contributed by atoms with E-state index in [0.717, 1.165) is 19.3 Å². The van der Waals surface area contributed by atoms with Crippen LogP contribution >= 0.6 is 0 Å². The molecule has 1 rings (SSSR count). The molecule has 0 spiro atoms. The van der Waals surface area contributed by atoms with Crippen LogP contribution in [0, 0.1) is 5.92 Å². The lowest BCUT2D eigenvalue weighted by Gasteiger charge is -2.31. The minimum absolute atomic E-state index is 0.0995. The molecule has 94 valence electrons. The quantitative estimate of drug-likeness (QED) is 0.521. The molecule has 0 aliphatic heterocycles. The Labute approximate surface area is 96.3 Å². The number of hydrogen-bond donors (Lipinski definition) is 3. The van der Waals surface area contributed by atoms with Crippen molar-refractivity contribution in [2.24, 2.45) is 11.7 Å². The van der Waals surface area contributed by atoms with Gasteiger partial charge < -0.3 is 20.9 Å². The van der Waals surface area contributed by atoms with Crippen molar-refractivity contribution in [3.05, 3.63) is 0 Å². The van der Waals surface area contributed by atoms with E-state index < -0.39 is 6.04 Å². The van der Waals surface area contributed by atoms with Gasteiger partial charge >= 0.3 is 0 Å². The molecule has 1 aliphatic rings. The van der Waals surface area contributed by atoms with Gasteiger partial charge in [0, 0.05) is 20.3 Å². The molecule has 5 nitrogen and oxygen atoms in total. The number of carbonyl (C=O) groups is 1. The Hall–Kier alpha value is -0.650. The normalized spacial score (nSPS) is 25.9. The van der Waals surface area contributed by atoms with Crippen molar-refractivity contribution in [2.75, 3.05) is 20.3 Å². The van der Waals surface area contributed by atoms with Crippen molar-refractivity contribution >= 4 is 5.91 Å². The number of aliphatic hydroxyl groups excluding tert-OH is 1. The van der Waals surface area contributed by atoms with Gasteiger partial charge in [-0.25, -0.2) is 0 Å². The number of nitrogens with two attached hydrogens (primary N) is 1. The second-order valence-electron chi connectivity index (χ2n) is 4.48. The Morgan fingerprint density at radius 3 is 2.88 bits per heavy atom. The van der Waals surface area contributed by atoms with Crippen LogP contribution in [0.5, 0.6) is 0 Å². The smallest absolute Gasteiger partial charge is 0.236 e. The zero-order chi connectivity index (χ0) is 12.0. The summed E-state index contributed by atoms with van der Waals surface area (Å²) in [4.78, 5) is 11.5. The Kier molecular flexibility index (Phi) is 5.73. The third kappa shape index (κ3) is 4.47. The van der Waals surface area contributed by atoms with Gasteiger partial charge in [-0.3, -0.25) is 4.79 Å². The molecule has 4 N–H and O–H groups in total. The molecule has 5 heteroatoms. The second-order valence-corrected chi connectivity index (χ2v) is 4.48. The fourth-order valence-corrected chi connectivity index (χ4v) is 1.82. The number of methoxy groups -OCH3 is 1. The first kappa shape index (κ1) is 13.4. The SMILES string of the molecule is COCCCC(N)C(=O)NCC1CC(O)C1. The van der Waals surface area contributed by atoms with E-state index in [1.54, 1.807) is 7.11 Å². The van der Waals surface area contributed by atoms with Crippen LogP contribution < -0.4 is 11.1 Å². The van der Waals surface area contributed by atoms with Crippen molar-refractivity contribution in [3.8, 4) is 0 Å². The predicted octanol–water partition coefficient (Wildman–Crippen LogP) is -0.373. The van der Waals surface area contributed by atoms with Crippen molar-refractivity contribution in [1.82, 2.24) is 5.32 Å². The predicted molar refractivity (Wildman–Crippen MR) is 60.8 cm³/mol. The van der Waals surface area contributed by atoms with Gasteiger partial charge in [-0.15, -0.1) is 0 Å². The van der Waals surface area contributed by atoms with E-state index in [9.17, 15) is 4.79 Å². The molecule has 0 saturated heterocycles. The molecule has 1 aliphatic carbocycles. The molecule has 0 aromatic rings. The molecule has 1 unspecified atom stereocenters. The van der Waals surface area contributed by atoms with E-state index in [2.05, 4.69) is 5.32 Å². The number of amides is 1. The van der Waals surface area contributed by atoms with Gasteiger partial charge in [-0.05, 0) is 31.6 Å². The van der Waals surface area contributed by atoms with Crippen LogP contribution in [0.4, 0.5) is 0 Å². The Bertz CT molecular complexity index is 217. The Balaban J connectivity index is 2.04. The molecule has 1 fully saturated rings. The standard InChI is InChI=1S/C11H22N2O3/c1-16-4-2-3-10(12)11(15)13-7-8-5-9(14)6-8/h8-10,14H,2-7,12H2,1H3,(H,13,15). The average Bonchev–Trinajstić information content (AvgIpc) is 2.22. The van der Waals surface area contributed by atoms with E-state index in [0.29, 0.717) is 25.5 Å². The molecule has 0 aromatic heterocycles. The first-order valence-corrected chi connectivity index (χ1v) is 5.83.